The molecule has 1 aromatic rings. The zero-order chi connectivity index (χ0) is 15.1. The van der Waals surface area contributed by atoms with Gasteiger partial charge in [-0.25, -0.2) is 0 Å². The lowest BCUT2D eigenvalue weighted by atomic mass is 10.3. The molecule has 110 valence electrons. The van der Waals surface area contributed by atoms with Crippen molar-refractivity contribution in [2.75, 3.05) is 20.2 Å². The van der Waals surface area contributed by atoms with Crippen LogP contribution in [0.1, 0.15) is 12.6 Å². The van der Waals surface area contributed by atoms with Crippen LogP contribution in [0.2, 0.25) is 0 Å². The summed E-state index contributed by atoms with van der Waals surface area (Å²) in [5.41, 5.74) is 0.573. The lowest BCUT2D eigenvalue weighted by Crippen LogP contribution is -2.38. The van der Waals surface area contributed by atoms with E-state index in [4.69, 9.17) is 4.74 Å². The smallest absolute Gasteiger partial charge is 0.254 e. The summed E-state index contributed by atoms with van der Waals surface area (Å²) in [5, 5.41) is 5.02. The van der Waals surface area contributed by atoms with Crippen molar-refractivity contribution >= 4 is 11.8 Å². The Labute approximate surface area is 116 Å². The molecular formula is C13H19N3O4. The third-order valence-electron chi connectivity index (χ3n) is 2.70. The molecule has 0 saturated carbocycles. The van der Waals surface area contributed by atoms with Crippen LogP contribution in [-0.2, 0) is 16.1 Å². The molecule has 0 aromatic carbocycles. The Morgan fingerprint density at radius 1 is 1.30 bits per heavy atom. The van der Waals surface area contributed by atoms with E-state index in [1.165, 1.54) is 20.1 Å². The van der Waals surface area contributed by atoms with Crippen molar-refractivity contribution in [2.45, 2.75) is 20.4 Å². The van der Waals surface area contributed by atoms with Gasteiger partial charge < -0.3 is 19.9 Å². The second-order valence-corrected chi connectivity index (χ2v) is 4.29. The van der Waals surface area contributed by atoms with Gasteiger partial charge in [-0.05, 0) is 13.0 Å². The predicted molar refractivity (Wildman–Crippen MR) is 73.7 cm³/mol. The lowest BCUT2D eigenvalue weighted by molar-refractivity contribution is -0.125. The first-order valence-corrected chi connectivity index (χ1v) is 6.20. The molecule has 7 heteroatoms. The molecule has 0 atom stereocenters. The Hall–Kier alpha value is -2.31. The lowest BCUT2D eigenvalue weighted by Gasteiger charge is -2.12. The molecule has 0 fully saturated rings. The predicted octanol–water partition coefficient (Wildman–Crippen LogP) is -0.582. The second kappa shape index (κ2) is 7.32. The fraction of sp³-hybridized carbons (Fsp3) is 0.462. The van der Waals surface area contributed by atoms with Crippen LogP contribution in [0.3, 0.4) is 0 Å². The van der Waals surface area contributed by atoms with Gasteiger partial charge in [-0.3, -0.25) is 14.4 Å². The van der Waals surface area contributed by atoms with E-state index in [1.54, 1.807) is 17.6 Å². The van der Waals surface area contributed by atoms with Gasteiger partial charge in [0.05, 0.1) is 13.7 Å². The molecule has 20 heavy (non-hydrogen) atoms. The minimum Gasteiger partial charge on any atom is -0.496 e. The summed E-state index contributed by atoms with van der Waals surface area (Å²) in [4.78, 5) is 33.8. The van der Waals surface area contributed by atoms with Crippen molar-refractivity contribution in [1.82, 2.24) is 15.2 Å². The van der Waals surface area contributed by atoms with Gasteiger partial charge in [0.15, 0.2) is 0 Å². The number of aryl methyl sites for hydroxylation is 1. The number of methoxy groups -OCH3 is 1. The van der Waals surface area contributed by atoms with Crippen LogP contribution in [0.4, 0.5) is 0 Å². The van der Waals surface area contributed by atoms with Gasteiger partial charge in [-0.2, -0.15) is 0 Å². The zero-order valence-corrected chi connectivity index (χ0v) is 11.9. The van der Waals surface area contributed by atoms with Gasteiger partial charge >= 0.3 is 0 Å². The van der Waals surface area contributed by atoms with E-state index in [2.05, 4.69) is 10.6 Å². The van der Waals surface area contributed by atoms with Crippen LogP contribution in [0, 0.1) is 6.92 Å². The van der Waals surface area contributed by atoms with Crippen LogP contribution in [0.5, 0.6) is 5.75 Å². The topological polar surface area (TPSA) is 89.4 Å². The maximum absolute atomic E-state index is 11.8. The van der Waals surface area contributed by atoms with E-state index in [1.807, 2.05) is 0 Å². The fourth-order valence-electron chi connectivity index (χ4n) is 1.68. The number of amides is 2. The molecule has 0 radical (unpaired) electrons. The third kappa shape index (κ3) is 4.75. The van der Waals surface area contributed by atoms with Crippen molar-refractivity contribution in [3.63, 3.8) is 0 Å². The van der Waals surface area contributed by atoms with E-state index in [0.717, 1.165) is 5.69 Å². The molecular weight excluding hydrogens is 262 g/mol. The second-order valence-electron chi connectivity index (χ2n) is 4.29. The summed E-state index contributed by atoms with van der Waals surface area (Å²) in [6.45, 7) is 3.74. The Balaban J connectivity index is 2.52. The van der Waals surface area contributed by atoms with Crippen molar-refractivity contribution in [1.29, 1.82) is 0 Å². The highest BCUT2D eigenvalue weighted by molar-refractivity contribution is 5.83. The number of pyridine rings is 1. The van der Waals surface area contributed by atoms with Crippen LogP contribution in [-0.4, -0.2) is 36.6 Å². The molecule has 1 aromatic heterocycles. The molecule has 0 bridgehead atoms. The number of hydrogen-bond acceptors (Lipinski definition) is 4. The first-order chi connectivity index (χ1) is 9.43. The average Bonchev–Trinajstić information content (AvgIpc) is 2.39. The number of nitrogens with zero attached hydrogens (tertiary/aromatic N) is 1. The molecule has 2 N–H and O–H groups in total. The molecule has 0 saturated heterocycles. The van der Waals surface area contributed by atoms with Crippen molar-refractivity contribution in [3.05, 3.63) is 28.2 Å². The van der Waals surface area contributed by atoms with Gasteiger partial charge in [-0.15, -0.1) is 0 Å². The van der Waals surface area contributed by atoms with E-state index in [-0.39, 0.29) is 23.9 Å². The number of hydrogen-bond donors (Lipinski definition) is 2. The Kier molecular flexibility index (Phi) is 5.76. The van der Waals surface area contributed by atoms with Crippen molar-refractivity contribution in [3.8, 4) is 5.75 Å². The van der Waals surface area contributed by atoms with Crippen LogP contribution >= 0.6 is 0 Å². The van der Waals surface area contributed by atoms with Crippen LogP contribution in [0.15, 0.2) is 16.9 Å². The number of rotatable bonds is 6. The van der Waals surface area contributed by atoms with Gasteiger partial charge in [0.1, 0.15) is 5.75 Å². The van der Waals surface area contributed by atoms with Crippen LogP contribution in [0.25, 0.3) is 0 Å². The van der Waals surface area contributed by atoms with Gasteiger partial charge in [0, 0.05) is 31.8 Å². The van der Waals surface area contributed by atoms with Gasteiger partial charge in [0.2, 0.25) is 11.8 Å². The molecule has 0 aliphatic carbocycles. The summed E-state index contributed by atoms with van der Waals surface area (Å²) in [6.07, 6.45) is 0. The molecule has 7 nitrogen and oxygen atoms in total. The molecule has 0 spiro atoms. The van der Waals surface area contributed by atoms with Crippen molar-refractivity contribution in [2.24, 2.45) is 0 Å². The highest BCUT2D eigenvalue weighted by Gasteiger charge is 2.05. The largest absolute Gasteiger partial charge is 0.496 e. The Morgan fingerprint density at radius 2 is 2.00 bits per heavy atom. The SMILES string of the molecule is COc1cc(C)n(CCNC(=O)CNC(C)=O)c(=O)c1. The summed E-state index contributed by atoms with van der Waals surface area (Å²) in [6, 6.07) is 3.15. The quantitative estimate of drug-likeness (QED) is 0.730. The van der Waals surface area contributed by atoms with Gasteiger partial charge in [0.25, 0.3) is 5.56 Å². The molecule has 1 heterocycles. The number of carbonyl (C=O) groups is 2. The first kappa shape index (κ1) is 15.7. The van der Waals surface area contributed by atoms with E-state index in [9.17, 15) is 14.4 Å². The van der Waals surface area contributed by atoms with Crippen LogP contribution < -0.4 is 20.9 Å². The first-order valence-electron chi connectivity index (χ1n) is 6.20. The van der Waals surface area contributed by atoms with Gasteiger partial charge in [-0.1, -0.05) is 0 Å². The summed E-state index contributed by atoms with van der Waals surface area (Å²) < 4.78 is 6.55. The van der Waals surface area contributed by atoms with E-state index < -0.39 is 0 Å². The number of carbonyl (C=O) groups excluding carboxylic acids is 2. The minimum atomic E-state index is -0.292. The third-order valence-corrected chi connectivity index (χ3v) is 2.70. The molecule has 2 amide bonds. The maximum Gasteiger partial charge on any atom is 0.254 e. The van der Waals surface area contributed by atoms with E-state index in [0.29, 0.717) is 18.8 Å². The summed E-state index contributed by atoms with van der Waals surface area (Å²) in [7, 11) is 1.50. The summed E-state index contributed by atoms with van der Waals surface area (Å²) >= 11 is 0. The number of ether oxygens (including phenoxy) is 1. The zero-order valence-electron chi connectivity index (χ0n) is 11.9. The summed E-state index contributed by atoms with van der Waals surface area (Å²) in [5.74, 6) is -0.0415. The fourth-order valence-corrected chi connectivity index (χ4v) is 1.68. The van der Waals surface area contributed by atoms with E-state index >= 15 is 0 Å². The highest BCUT2D eigenvalue weighted by atomic mass is 16.5. The standard InChI is InChI=1S/C13H19N3O4/c1-9-6-11(20-3)7-13(19)16(9)5-4-14-12(18)8-15-10(2)17/h6-7H,4-5,8H2,1-3H3,(H,14,18)(H,15,17). The minimum absolute atomic E-state index is 0.0637. The molecule has 0 aliphatic rings. The monoisotopic (exact) mass is 281 g/mol. The number of aromatic nitrogens is 1. The Morgan fingerprint density at radius 3 is 2.55 bits per heavy atom. The molecule has 0 aliphatic heterocycles. The highest BCUT2D eigenvalue weighted by Crippen LogP contribution is 2.08. The van der Waals surface area contributed by atoms with Crippen molar-refractivity contribution < 1.29 is 14.3 Å². The normalized spacial score (nSPS) is 9.95. The number of nitrogens with one attached hydrogen (secondary N) is 2. The average molecular weight is 281 g/mol. The molecule has 0 unspecified atom stereocenters. The maximum atomic E-state index is 11.8. The Bertz CT molecular complexity index is 551. The molecule has 1 rings (SSSR count).